The second-order valence-corrected chi connectivity index (χ2v) is 7.93. The van der Waals surface area contributed by atoms with Gasteiger partial charge in [0, 0.05) is 5.92 Å². The van der Waals surface area contributed by atoms with Crippen LogP contribution in [0, 0.1) is 11.8 Å². The normalized spacial score (nSPS) is 13.4. The van der Waals surface area contributed by atoms with Gasteiger partial charge in [-0.25, -0.2) is 9.59 Å². The molecule has 0 spiro atoms. The van der Waals surface area contributed by atoms with Crippen LogP contribution in [0.15, 0.2) is 48.5 Å². The van der Waals surface area contributed by atoms with Crippen LogP contribution in [0.2, 0.25) is 0 Å². The molecule has 148 valence electrons. The van der Waals surface area contributed by atoms with Crippen molar-refractivity contribution in [2.75, 3.05) is 6.61 Å². The van der Waals surface area contributed by atoms with Crippen molar-refractivity contribution in [3.8, 4) is 11.1 Å². The minimum absolute atomic E-state index is 0.0597. The number of aliphatic carboxylic acids is 1. The molecule has 1 aliphatic rings. The van der Waals surface area contributed by atoms with Gasteiger partial charge in [0.1, 0.15) is 12.1 Å². The van der Waals surface area contributed by atoms with Crippen molar-refractivity contribution in [1.82, 2.24) is 5.32 Å². The highest BCUT2D eigenvalue weighted by Crippen LogP contribution is 2.44. The van der Waals surface area contributed by atoms with Crippen LogP contribution in [0.4, 0.5) is 4.79 Å². The zero-order chi connectivity index (χ0) is 20.5. The zero-order valence-corrected chi connectivity index (χ0v) is 16.7. The minimum Gasteiger partial charge on any atom is -0.479 e. The van der Waals surface area contributed by atoms with Gasteiger partial charge in [-0.05, 0) is 34.1 Å². The Morgan fingerprint density at radius 3 is 1.86 bits per heavy atom. The monoisotopic (exact) mass is 381 g/mol. The Bertz CT molecular complexity index is 834. The van der Waals surface area contributed by atoms with Gasteiger partial charge in [0.2, 0.25) is 0 Å². The van der Waals surface area contributed by atoms with Gasteiger partial charge in [0.15, 0.2) is 0 Å². The molecular weight excluding hydrogens is 354 g/mol. The summed E-state index contributed by atoms with van der Waals surface area (Å²) in [5.41, 5.74) is 3.16. The lowest BCUT2D eigenvalue weighted by molar-refractivity contribution is -0.149. The molecule has 5 nitrogen and oxygen atoms in total. The Hall–Kier alpha value is -2.82. The molecule has 0 fully saturated rings. The number of amides is 1. The number of carboxylic acid groups (broad SMARTS) is 1. The standard InChI is InChI=1S/C23H27NO4/c1-14(2)23(15(3)4,21(25)26)24-22(27)28-13-20-18-11-7-5-9-16(18)17-10-6-8-12-19(17)20/h5-12,14-15,20H,13H2,1-4H3,(H,24,27)(H,25,26). The molecule has 1 aliphatic carbocycles. The van der Waals surface area contributed by atoms with Crippen molar-refractivity contribution in [2.45, 2.75) is 39.2 Å². The van der Waals surface area contributed by atoms with E-state index in [1.54, 1.807) is 27.7 Å². The summed E-state index contributed by atoms with van der Waals surface area (Å²) in [7, 11) is 0. The van der Waals surface area contributed by atoms with Gasteiger partial charge in [0.25, 0.3) is 0 Å². The van der Waals surface area contributed by atoms with E-state index in [1.807, 2.05) is 36.4 Å². The van der Waals surface area contributed by atoms with Crippen molar-refractivity contribution in [2.24, 2.45) is 11.8 Å². The molecule has 0 heterocycles. The first-order valence-electron chi connectivity index (χ1n) is 9.65. The molecule has 1 amide bonds. The van der Waals surface area contributed by atoms with Gasteiger partial charge in [-0.15, -0.1) is 0 Å². The highest BCUT2D eigenvalue weighted by atomic mass is 16.5. The lowest BCUT2D eigenvalue weighted by atomic mass is 9.77. The molecule has 0 aliphatic heterocycles. The number of ether oxygens (including phenoxy) is 1. The second-order valence-electron chi connectivity index (χ2n) is 7.93. The summed E-state index contributed by atoms with van der Waals surface area (Å²) in [5, 5.41) is 12.4. The van der Waals surface area contributed by atoms with Gasteiger partial charge in [-0.2, -0.15) is 0 Å². The van der Waals surface area contributed by atoms with Crippen LogP contribution >= 0.6 is 0 Å². The molecule has 0 saturated heterocycles. The lowest BCUT2D eigenvalue weighted by Gasteiger charge is -2.37. The fourth-order valence-corrected chi connectivity index (χ4v) is 4.31. The number of carboxylic acids is 1. The predicted octanol–water partition coefficient (Wildman–Crippen LogP) is 4.66. The maximum absolute atomic E-state index is 12.6. The highest BCUT2D eigenvalue weighted by molar-refractivity contribution is 5.85. The zero-order valence-electron chi connectivity index (χ0n) is 16.7. The number of benzene rings is 2. The van der Waals surface area contributed by atoms with Crippen molar-refractivity contribution in [3.63, 3.8) is 0 Å². The highest BCUT2D eigenvalue weighted by Gasteiger charge is 2.46. The first kappa shape index (κ1) is 19.9. The molecule has 0 aromatic heterocycles. The number of hydrogen-bond donors (Lipinski definition) is 2. The molecular formula is C23H27NO4. The molecule has 3 rings (SSSR count). The number of carbonyl (C=O) groups excluding carboxylic acids is 1. The van der Waals surface area contributed by atoms with Gasteiger partial charge in [0.05, 0.1) is 0 Å². The maximum Gasteiger partial charge on any atom is 0.408 e. The molecule has 28 heavy (non-hydrogen) atoms. The van der Waals surface area contributed by atoms with E-state index >= 15 is 0 Å². The van der Waals surface area contributed by atoms with Gasteiger partial charge < -0.3 is 15.2 Å². The quantitative estimate of drug-likeness (QED) is 0.763. The third kappa shape index (κ3) is 3.26. The molecule has 0 bridgehead atoms. The van der Waals surface area contributed by atoms with Crippen LogP contribution in [0.3, 0.4) is 0 Å². The average Bonchev–Trinajstić information content (AvgIpc) is 2.97. The van der Waals surface area contributed by atoms with Crippen LogP contribution in [-0.4, -0.2) is 29.3 Å². The van der Waals surface area contributed by atoms with E-state index in [0.717, 1.165) is 22.3 Å². The Morgan fingerprint density at radius 2 is 1.43 bits per heavy atom. The molecule has 0 saturated carbocycles. The van der Waals surface area contributed by atoms with E-state index in [4.69, 9.17) is 4.74 Å². The number of carbonyl (C=O) groups is 2. The molecule has 0 atom stereocenters. The summed E-state index contributed by atoms with van der Waals surface area (Å²) >= 11 is 0. The Balaban J connectivity index is 1.79. The molecule has 5 heteroatoms. The van der Waals surface area contributed by atoms with E-state index < -0.39 is 17.6 Å². The number of hydrogen-bond acceptors (Lipinski definition) is 3. The van der Waals surface area contributed by atoms with E-state index in [0.29, 0.717) is 0 Å². The number of alkyl carbamates (subject to hydrolysis) is 1. The topological polar surface area (TPSA) is 75.6 Å². The lowest BCUT2D eigenvalue weighted by Crippen LogP contribution is -2.61. The molecule has 0 unspecified atom stereocenters. The first-order valence-corrected chi connectivity index (χ1v) is 9.65. The molecule has 2 N–H and O–H groups in total. The Morgan fingerprint density at radius 1 is 0.964 bits per heavy atom. The number of rotatable bonds is 6. The molecule has 2 aromatic carbocycles. The summed E-state index contributed by atoms with van der Waals surface area (Å²) < 4.78 is 5.53. The van der Waals surface area contributed by atoms with Crippen LogP contribution in [0.25, 0.3) is 11.1 Å². The van der Waals surface area contributed by atoms with E-state index in [-0.39, 0.29) is 24.4 Å². The molecule has 0 radical (unpaired) electrons. The van der Waals surface area contributed by atoms with E-state index in [2.05, 4.69) is 17.4 Å². The predicted molar refractivity (Wildman–Crippen MR) is 108 cm³/mol. The van der Waals surface area contributed by atoms with Crippen LogP contribution in [0.5, 0.6) is 0 Å². The van der Waals surface area contributed by atoms with Crippen LogP contribution in [0.1, 0.15) is 44.7 Å². The fraction of sp³-hybridized carbons (Fsp3) is 0.391. The van der Waals surface area contributed by atoms with Crippen molar-refractivity contribution in [1.29, 1.82) is 0 Å². The summed E-state index contributed by atoms with van der Waals surface area (Å²) in [4.78, 5) is 24.5. The second kappa shape index (κ2) is 7.66. The number of nitrogens with one attached hydrogen (secondary N) is 1. The Labute approximate surface area is 165 Å². The smallest absolute Gasteiger partial charge is 0.408 e. The first-order chi connectivity index (χ1) is 13.3. The van der Waals surface area contributed by atoms with Crippen molar-refractivity contribution >= 4 is 12.1 Å². The summed E-state index contributed by atoms with van der Waals surface area (Å²) in [6.07, 6.45) is -0.702. The van der Waals surface area contributed by atoms with E-state index in [9.17, 15) is 14.7 Å². The van der Waals surface area contributed by atoms with Gasteiger partial charge in [-0.1, -0.05) is 76.2 Å². The fourth-order valence-electron chi connectivity index (χ4n) is 4.31. The van der Waals surface area contributed by atoms with Crippen LogP contribution < -0.4 is 5.32 Å². The van der Waals surface area contributed by atoms with Gasteiger partial charge in [-0.3, -0.25) is 0 Å². The third-order valence-corrected chi connectivity index (χ3v) is 5.83. The Kier molecular flexibility index (Phi) is 5.45. The summed E-state index contributed by atoms with van der Waals surface area (Å²) in [5.74, 6) is -1.68. The summed E-state index contributed by atoms with van der Waals surface area (Å²) in [6, 6.07) is 16.2. The minimum atomic E-state index is -1.37. The number of fused-ring (bicyclic) bond motifs is 3. The van der Waals surface area contributed by atoms with Gasteiger partial charge >= 0.3 is 12.1 Å². The summed E-state index contributed by atoms with van der Waals surface area (Å²) in [6.45, 7) is 7.32. The third-order valence-electron chi connectivity index (χ3n) is 5.83. The van der Waals surface area contributed by atoms with E-state index in [1.165, 1.54) is 0 Å². The van der Waals surface area contributed by atoms with Crippen LogP contribution in [-0.2, 0) is 9.53 Å². The molecule has 2 aromatic rings. The van der Waals surface area contributed by atoms with Crippen molar-refractivity contribution < 1.29 is 19.4 Å². The average molecular weight is 381 g/mol. The largest absolute Gasteiger partial charge is 0.479 e. The SMILES string of the molecule is CC(C)C(NC(=O)OCC1c2ccccc2-c2ccccc21)(C(=O)O)C(C)C. The van der Waals surface area contributed by atoms with Crippen molar-refractivity contribution in [3.05, 3.63) is 59.7 Å². The maximum atomic E-state index is 12.6.